The molecule has 0 aliphatic rings. The van der Waals surface area contributed by atoms with Gasteiger partial charge in [0.25, 0.3) is 5.91 Å². The fraction of sp³-hybridized carbons (Fsp3) is 0.417. The Morgan fingerprint density at radius 2 is 1.95 bits per heavy atom. The largest absolute Gasteiger partial charge is 0.503 e. The molecule has 1 rings (SSSR count). The molecule has 7 heteroatoms. The Balaban J connectivity index is 3.07. The van der Waals surface area contributed by atoms with Crippen LogP contribution in [0.1, 0.15) is 24.2 Å². The van der Waals surface area contributed by atoms with E-state index in [1.807, 2.05) is 0 Å². The number of nitrogens with one attached hydrogen (secondary N) is 1. The Kier molecular flexibility index (Phi) is 4.77. The third-order valence-corrected chi connectivity index (χ3v) is 2.75. The molecule has 1 aromatic rings. The fourth-order valence-corrected chi connectivity index (χ4v) is 1.50. The molecule has 0 aliphatic carbocycles. The van der Waals surface area contributed by atoms with Crippen molar-refractivity contribution in [2.24, 2.45) is 11.7 Å². The summed E-state index contributed by atoms with van der Waals surface area (Å²) >= 11 is 0. The molecule has 106 valence electrons. The van der Waals surface area contributed by atoms with Crippen molar-refractivity contribution >= 4 is 5.91 Å². The topological polar surface area (TPSA) is 75.3 Å². The second kappa shape index (κ2) is 5.92. The van der Waals surface area contributed by atoms with Gasteiger partial charge in [0.1, 0.15) is 0 Å². The minimum atomic E-state index is -1.73. The SMILES string of the molecule is CC(C)C(CN)NC(=O)c1cc(F)c(F)c(O)c1F. The van der Waals surface area contributed by atoms with Gasteiger partial charge >= 0.3 is 0 Å². The highest BCUT2D eigenvalue weighted by atomic mass is 19.2. The van der Waals surface area contributed by atoms with Crippen LogP contribution >= 0.6 is 0 Å². The number of amides is 1. The van der Waals surface area contributed by atoms with Crippen LogP contribution in [0.3, 0.4) is 0 Å². The van der Waals surface area contributed by atoms with E-state index in [1.165, 1.54) is 0 Å². The second-order valence-corrected chi connectivity index (χ2v) is 4.44. The maximum atomic E-state index is 13.5. The van der Waals surface area contributed by atoms with Crippen molar-refractivity contribution in [1.82, 2.24) is 5.32 Å². The number of nitrogens with two attached hydrogens (primary N) is 1. The molecule has 0 spiro atoms. The zero-order chi connectivity index (χ0) is 14.7. The molecule has 1 atom stereocenters. The number of carbonyl (C=O) groups is 1. The first kappa shape index (κ1) is 15.3. The molecule has 0 aromatic heterocycles. The smallest absolute Gasteiger partial charge is 0.254 e. The number of halogens is 3. The molecule has 1 amide bonds. The summed E-state index contributed by atoms with van der Waals surface area (Å²) in [5.74, 6) is -7.23. The van der Waals surface area contributed by atoms with E-state index >= 15 is 0 Å². The average molecular weight is 276 g/mol. The molecule has 0 fully saturated rings. The van der Waals surface area contributed by atoms with Gasteiger partial charge in [0.15, 0.2) is 17.4 Å². The Hall–Kier alpha value is -1.76. The van der Waals surface area contributed by atoms with Crippen LogP contribution in [-0.4, -0.2) is 23.6 Å². The van der Waals surface area contributed by atoms with E-state index in [0.29, 0.717) is 6.07 Å². The molecule has 4 N–H and O–H groups in total. The zero-order valence-corrected chi connectivity index (χ0v) is 10.5. The molecule has 19 heavy (non-hydrogen) atoms. The van der Waals surface area contributed by atoms with Crippen molar-refractivity contribution in [3.63, 3.8) is 0 Å². The third-order valence-electron chi connectivity index (χ3n) is 2.75. The molecular weight excluding hydrogens is 261 g/mol. The number of aromatic hydroxyl groups is 1. The van der Waals surface area contributed by atoms with E-state index in [2.05, 4.69) is 5.32 Å². The van der Waals surface area contributed by atoms with Gasteiger partial charge in [0, 0.05) is 12.6 Å². The third kappa shape index (κ3) is 3.17. The zero-order valence-electron chi connectivity index (χ0n) is 10.5. The highest BCUT2D eigenvalue weighted by Crippen LogP contribution is 2.25. The number of phenols is 1. The first-order valence-corrected chi connectivity index (χ1v) is 5.67. The van der Waals surface area contributed by atoms with Crippen molar-refractivity contribution in [2.45, 2.75) is 19.9 Å². The predicted molar refractivity (Wildman–Crippen MR) is 63.1 cm³/mol. The Morgan fingerprint density at radius 3 is 2.42 bits per heavy atom. The van der Waals surface area contributed by atoms with E-state index in [0.717, 1.165) is 0 Å². The van der Waals surface area contributed by atoms with E-state index in [-0.39, 0.29) is 12.5 Å². The number of hydrogen-bond donors (Lipinski definition) is 3. The predicted octanol–water partition coefficient (Wildman–Crippen LogP) is 1.52. The number of carbonyl (C=O) groups excluding carboxylic acids is 1. The van der Waals surface area contributed by atoms with Gasteiger partial charge in [0.05, 0.1) is 5.56 Å². The highest BCUT2D eigenvalue weighted by molar-refractivity contribution is 5.95. The maximum Gasteiger partial charge on any atom is 0.254 e. The van der Waals surface area contributed by atoms with E-state index < -0.39 is 40.7 Å². The molecule has 1 aromatic carbocycles. The van der Waals surface area contributed by atoms with Gasteiger partial charge < -0.3 is 16.2 Å². The number of hydrogen-bond acceptors (Lipinski definition) is 3. The first-order chi connectivity index (χ1) is 8.79. The van der Waals surface area contributed by atoms with Gasteiger partial charge in [-0.1, -0.05) is 13.8 Å². The van der Waals surface area contributed by atoms with Crippen molar-refractivity contribution in [1.29, 1.82) is 0 Å². The molecule has 0 bridgehead atoms. The minimum Gasteiger partial charge on any atom is -0.503 e. The summed E-state index contributed by atoms with van der Waals surface area (Å²) in [6, 6.07) is -0.0460. The van der Waals surface area contributed by atoms with Crippen LogP contribution in [0.5, 0.6) is 5.75 Å². The van der Waals surface area contributed by atoms with Crippen LogP contribution in [0.2, 0.25) is 0 Å². The summed E-state index contributed by atoms with van der Waals surface area (Å²) in [6.07, 6.45) is 0. The van der Waals surface area contributed by atoms with Crippen LogP contribution in [0, 0.1) is 23.4 Å². The van der Waals surface area contributed by atoms with Gasteiger partial charge in [0.2, 0.25) is 5.82 Å². The lowest BCUT2D eigenvalue weighted by Crippen LogP contribution is -2.44. The van der Waals surface area contributed by atoms with Crippen LogP contribution < -0.4 is 11.1 Å². The fourth-order valence-electron chi connectivity index (χ4n) is 1.50. The number of phenolic OH excluding ortho intramolecular Hbond substituents is 1. The van der Waals surface area contributed by atoms with Crippen molar-refractivity contribution in [2.75, 3.05) is 6.54 Å². The highest BCUT2D eigenvalue weighted by Gasteiger charge is 2.24. The van der Waals surface area contributed by atoms with Crippen LogP contribution in [0.15, 0.2) is 6.07 Å². The summed E-state index contributed by atoms with van der Waals surface area (Å²) in [5, 5.41) is 11.4. The summed E-state index contributed by atoms with van der Waals surface area (Å²) < 4.78 is 39.4. The lowest BCUT2D eigenvalue weighted by atomic mass is 10.0. The van der Waals surface area contributed by atoms with E-state index in [1.54, 1.807) is 13.8 Å². The number of rotatable bonds is 4. The minimum absolute atomic E-state index is 0.0177. The molecule has 1 unspecified atom stereocenters. The van der Waals surface area contributed by atoms with E-state index in [4.69, 9.17) is 10.8 Å². The van der Waals surface area contributed by atoms with Crippen LogP contribution in [0.4, 0.5) is 13.2 Å². The molecule has 0 radical (unpaired) electrons. The Labute approximate surface area is 108 Å². The Bertz CT molecular complexity index is 492. The van der Waals surface area contributed by atoms with Gasteiger partial charge in [-0.2, -0.15) is 4.39 Å². The Morgan fingerprint density at radius 1 is 1.37 bits per heavy atom. The average Bonchev–Trinajstić information content (AvgIpc) is 2.36. The molecule has 0 aliphatic heterocycles. The molecule has 0 saturated heterocycles. The van der Waals surface area contributed by atoms with Crippen molar-refractivity contribution in [3.05, 3.63) is 29.1 Å². The standard InChI is InChI=1S/C12H15F3N2O2/c1-5(2)8(4-16)17-12(19)6-3-7(13)10(15)11(18)9(6)14/h3,5,8,18H,4,16H2,1-2H3,(H,17,19). The molecular formula is C12H15F3N2O2. The maximum absolute atomic E-state index is 13.5. The molecule has 0 heterocycles. The summed E-state index contributed by atoms with van der Waals surface area (Å²) in [7, 11) is 0. The molecule has 0 saturated carbocycles. The van der Waals surface area contributed by atoms with Gasteiger partial charge in [-0.3, -0.25) is 4.79 Å². The first-order valence-electron chi connectivity index (χ1n) is 5.67. The van der Waals surface area contributed by atoms with Gasteiger partial charge in [-0.25, -0.2) is 8.78 Å². The van der Waals surface area contributed by atoms with Crippen LogP contribution in [-0.2, 0) is 0 Å². The summed E-state index contributed by atoms with van der Waals surface area (Å²) in [4.78, 5) is 11.7. The molecule has 4 nitrogen and oxygen atoms in total. The summed E-state index contributed by atoms with van der Waals surface area (Å²) in [5.41, 5.74) is 4.66. The quantitative estimate of drug-likeness (QED) is 0.730. The summed E-state index contributed by atoms with van der Waals surface area (Å²) in [6.45, 7) is 3.69. The number of benzene rings is 1. The monoisotopic (exact) mass is 276 g/mol. The lowest BCUT2D eigenvalue weighted by Gasteiger charge is -2.20. The second-order valence-electron chi connectivity index (χ2n) is 4.44. The normalized spacial score (nSPS) is 12.6. The van der Waals surface area contributed by atoms with Crippen LogP contribution in [0.25, 0.3) is 0 Å². The van der Waals surface area contributed by atoms with Crippen molar-refractivity contribution in [3.8, 4) is 5.75 Å². The lowest BCUT2D eigenvalue weighted by molar-refractivity contribution is 0.0922. The van der Waals surface area contributed by atoms with E-state index in [9.17, 15) is 18.0 Å². The van der Waals surface area contributed by atoms with Crippen molar-refractivity contribution < 1.29 is 23.1 Å². The van der Waals surface area contributed by atoms with Gasteiger partial charge in [-0.15, -0.1) is 0 Å². The van der Waals surface area contributed by atoms with Gasteiger partial charge in [-0.05, 0) is 12.0 Å².